The van der Waals surface area contributed by atoms with Crippen molar-refractivity contribution in [1.29, 1.82) is 0 Å². The van der Waals surface area contributed by atoms with E-state index in [0.29, 0.717) is 23.8 Å². The van der Waals surface area contributed by atoms with Crippen molar-refractivity contribution in [3.63, 3.8) is 0 Å². The van der Waals surface area contributed by atoms with Gasteiger partial charge in [-0.15, -0.1) is 0 Å². The Hall–Kier alpha value is -2.66. The number of nitro groups is 1. The molecule has 0 saturated carbocycles. The van der Waals surface area contributed by atoms with Crippen LogP contribution in [0.3, 0.4) is 0 Å². The van der Waals surface area contributed by atoms with E-state index in [1.807, 2.05) is 36.4 Å². The van der Waals surface area contributed by atoms with E-state index in [2.05, 4.69) is 49.0 Å². The molecule has 9 heteroatoms. The number of hydrazone groups is 1. The first-order chi connectivity index (χ1) is 14.5. The van der Waals surface area contributed by atoms with Gasteiger partial charge >= 0.3 is 0 Å². The van der Waals surface area contributed by atoms with E-state index >= 15 is 0 Å². The van der Waals surface area contributed by atoms with Crippen LogP contribution in [0, 0.1) is 13.7 Å². The summed E-state index contributed by atoms with van der Waals surface area (Å²) < 4.78 is 13.3. The number of hydrogen-bond acceptors (Lipinski definition) is 6. The number of nitro benzene ring substituents is 1. The van der Waals surface area contributed by atoms with Crippen molar-refractivity contribution in [1.82, 2.24) is 0 Å². The molecule has 3 aromatic rings. The Morgan fingerprint density at radius 2 is 1.87 bits per heavy atom. The first kappa shape index (κ1) is 22.0. The molecule has 0 aliphatic rings. The van der Waals surface area contributed by atoms with Crippen molar-refractivity contribution in [2.75, 3.05) is 12.5 Å². The van der Waals surface area contributed by atoms with Crippen LogP contribution in [-0.4, -0.2) is 18.2 Å². The van der Waals surface area contributed by atoms with Gasteiger partial charge in [-0.3, -0.25) is 15.5 Å². The second-order valence-electron chi connectivity index (χ2n) is 6.12. The molecule has 0 unspecified atom stereocenters. The largest absolute Gasteiger partial charge is 0.493 e. The molecule has 0 amide bonds. The lowest BCUT2D eigenvalue weighted by molar-refractivity contribution is -0.384. The molecule has 0 aliphatic heterocycles. The maximum atomic E-state index is 10.7. The van der Waals surface area contributed by atoms with E-state index in [9.17, 15) is 10.1 Å². The molecule has 0 bridgehead atoms. The number of anilines is 1. The van der Waals surface area contributed by atoms with Crippen molar-refractivity contribution in [3.05, 3.63) is 89.9 Å². The summed E-state index contributed by atoms with van der Waals surface area (Å²) in [4.78, 5) is 10.3. The van der Waals surface area contributed by atoms with Crippen LogP contribution >= 0.6 is 38.5 Å². The minimum Gasteiger partial charge on any atom is -0.493 e. The number of hydrogen-bond donors (Lipinski definition) is 1. The molecule has 0 atom stereocenters. The SMILES string of the molecule is COc1cc(/C=N/Nc2ccc([N+](=O)[O-])cc2)cc(Br)c1OCc1ccc(I)cc1. The molecule has 0 aliphatic carbocycles. The number of halogens is 2. The monoisotopic (exact) mass is 581 g/mol. The van der Waals surface area contributed by atoms with E-state index in [1.54, 1.807) is 25.5 Å². The fourth-order valence-corrected chi connectivity index (χ4v) is 3.46. The Balaban J connectivity index is 1.68. The fraction of sp³-hybridized carbons (Fsp3) is 0.0952. The Kier molecular flexibility index (Phi) is 7.63. The van der Waals surface area contributed by atoms with E-state index in [1.165, 1.54) is 15.7 Å². The summed E-state index contributed by atoms with van der Waals surface area (Å²) in [5.41, 5.74) is 5.35. The van der Waals surface area contributed by atoms with Gasteiger partial charge in [0.1, 0.15) is 6.61 Å². The van der Waals surface area contributed by atoms with Crippen LogP contribution in [0.15, 0.2) is 70.2 Å². The number of ether oxygens (including phenoxy) is 2. The van der Waals surface area contributed by atoms with Gasteiger partial charge in [0, 0.05) is 15.7 Å². The molecule has 0 spiro atoms. The van der Waals surface area contributed by atoms with Crippen molar-refractivity contribution in [2.24, 2.45) is 5.10 Å². The third kappa shape index (κ3) is 5.92. The Bertz CT molecular complexity index is 1060. The lowest BCUT2D eigenvalue weighted by atomic mass is 10.2. The quantitative estimate of drug-likeness (QED) is 0.153. The molecule has 0 radical (unpaired) electrons. The number of nitrogens with one attached hydrogen (secondary N) is 1. The molecule has 30 heavy (non-hydrogen) atoms. The van der Waals surface area contributed by atoms with Crippen molar-refractivity contribution in [2.45, 2.75) is 6.61 Å². The number of methoxy groups -OCH3 is 1. The topological polar surface area (TPSA) is 86.0 Å². The van der Waals surface area contributed by atoms with Crippen molar-refractivity contribution in [3.8, 4) is 11.5 Å². The molecule has 0 aromatic heterocycles. The molecular weight excluding hydrogens is 565 g/mol. The van der Waals surface area contributed by atoms with Gasteiger partial charge in [0.25, 0.3) is 5.69 Å². The average molecular weight is 582 g/mol. The van der Waals surface area contributed by atoms with E-state index in [-0.39, 0.29) is 5.69 Å². The fourth-order valence-electron chi connectivity index (χ4n) is 2.53. The Morgan fingerprint density at radius 3 is 2.50 bits per heavy atom. The van der Waals surface area contributed by atoms with Crippen LogP contribution in [0.2, 0.25) is 0 Å². The minimum absolute atomic E-state index is 0.0269. The summed E-state index contributed by atoms with van der Waals surface area (Å²) in [5, 5.41) is 14.9. The van der Waals surface area contributed by atoms with Gasteiger partial charge in [0.2, 0.25) is 0 Å². The van der Waals surface area contributed by atoms with Gasteiger partial charge in [0.05, 0.1) is 28.4 Å². The second kappa shape index (κ2) is 10.4. The molecule has 0 saturated heterocycles. The van der Waals surface area contributed by atoms with Crippen LogP contribution in [0.25, 0.3) is 0 Å². The number of rotatable bonds is 8. The molecular formula is C21H17BrIN3O4. The first-order valence-electron chi connectivity index (χ1n) is 8.74. The van der Waals surface area contributed by atoms with Crippen LogP contribution in [0.4, 0.5) is 11.4 Å². The van der Waals surface area contributed by atoms with E-state index in [0.717, 1.165) is 15.6 Å². The van der Waals surface area contributed by atoms with Gasteiger partial charge in [-0.2, -0.15) is 5.10 Å². The maximum absolute atomic E-state index is 10.7. The zero-order valence-electron chi connectivity index (χ0n) is 15.8. The molecule has 0 heterocycles. The Morgan fingerprint density at radius 1 is 1.17 bits per heavy atom. The van der Waals surface area contributed by atoms with Crippen molar-refractivity contribution < 1.29 is 14.4 Å². The lowest BCUT2D eigenvalue weighted by Gasteiger charge is -2.13. The van der Waals surface area contributed by atoms with E-state index in [4.69, 9.17) is 9.47 Å². The first-order valence-corrected chi connectivity index (χ1v) is 10.6. The van der Waals surface area contributed by atoms with E-state index < -0.39 is 4.92 Å². The van der Waals surface area contributed by atoms with Gasteiger partial charge in [-0.1, -0.05) is 12.1 Å². The summed E-state index contributed by atoms with van der Waals surface area (Å²) in [6.07, 6.45) is 1.62. The summed E-state index contributed by atoms with van der Waals surface area (Å²) in [5.74, 6) is 1.18. The van der Waals surface area contributed by atoms with Gasteiger partial charge in [-0.25, -0.2) is 0 Å². The summed E-state index contributed by atoms with van der Waals surface area (Å²) in [6.45, 7) is 0.418. The molecule has 3 aromatic carbocycles. The highest BCUT2D eigenvalue weighted by atomic mass is 127. The average Bonchev–Trinajstić information content (AvgIpc) is 2.74. The zero-order chi connectivity index (χ0) is 21.5. The van der Waals surface area contributed by atoms with Gasteiger partial charge in [-0.05, 0) is 86.0 Å². The molecule has 154 valence electrons. The third-order valence-corrected chi connectivity index (χ3v) is 5.34. The number of nitrogens with zero attached hydrogens (tertiary/aromatic N) is 2. The van der Waals surface area contributed by atoms with Crippen LogP contribution in [0.5, 0.6) is 11.5 Å². The molecule has 3 rings (SSSR count). The highest BCUT2D eigenvalue weighted by Gasteiger charge is 2.12. The highest BCUT2D eigenvalue weighted by Crippen LogP contribution is 2.37. The predicted octanol–water partition coefficient (Wildman–Crippen LogP) is 6.00. The normalized spacial score (nSPS) is 10.8. The van der Waals surface area contributed by atoms with Gasteiger partial charge in [0.15, 0.2) is 11.5 Å². The third-order valence-electron chi connectivity index (χ3n) is 4.03. The van der Waals surface area contributed by atoms with Gasteiger partial charge < -0.3 is 9.47 Å². The van der Waals surface area contributed by atoms with Crippen molar-refractivity contribution >= 4 is 56.1 Å². The zero-order valence-corrected chi connectivity index (χ0v) is 19.6. The Labute approximate surface area is 195 Å². The second-order valence-corrected chi connectivity index (χ2v) is 8.22. The summed E-state index contributed by atoms with van der Waals surface area (Å²) >= 11 is 5.79. The van der Waals surface area contributed by atoms with Crippen LogP contribution in [0.1, 0.15) is 11.1 Å². The smallest absolute Gasteiger partial charge is 0.269 e. The van der Waals surface area contributed by atoms with Crippen LogP contribution < -0.4 is 14.9 Å². The number of non-ortho nitro benzene ring substituents is 1. The highest BCUT2D eigenvalue weighted by molar-refractivity contribution is 14.1. The maximum Gasteiger partial charge on any atom is 0.269 e. The minimum atomic E-state index is -0.445. The predicted molar refractivity (Wildman–Crippen MR) is 128 cm³/mol. The molecule has 1 N–H and O–H groups in total. The van der Waals surface area contributed by atoms with Crippen LogP contribution in [-0.2, 0) is 6.61 Å². The summed E-state index contributed by atoms with van der Waals surface area (Å²) in [7, 11) is 1.58. The molecule has 7 nitrogen and oxygen atoms in total. The lowest BCUT2D eigenvalue weighted by Crippen LogP contribution is -2.00. The number of benzene rings is 3. The standard InChI is InChI=1S/C21H17BrIN3O4/c1-29-20-11-15(12-24-25-17-6-8-18(9-7-17)26(27)28)10-19(22)21(20)30-13-14-2-4-16(23)5-3-14/h2-12,25H,13H2,1H3/b24-12+. The summed E-state index contributed by atoms with van der Waals surface area (Å²) in [6, 6.07) is 17.8. The molecule has 0 fully saturated rings.